The van der Waals surface area contributed by atoms with Crippen LogP contribution in [0.15, 0.2) is 25.0 Å². The molecule has 0 aliphatic heterocycles. The summed E-state index contributed by atoms with van der Waals surface area (Å²) in [5, 5.41) is 34.8. The molecule has 0 spiro atoms. The summed E-state index contributed by atoms with van der Waals surface area (Å²) in [6.45, 7) is -0.896. The molecule has 4 atom stereocenters. The van der Waals surface area contributed by atoms with E-state index in [0.29, 0.717) is 11.4 Å². The molecule has 0 fully saturated rings. The van der Waals surface area contributed by atoms with Crippen molar-refractivity contribution in [2.45, 2.75) is 49.9 Å². The van der Waals surface area contributed by atoms with Crippen molar-refractivity contribution in [3.63, 3.8) is 0 Å². The van der Waals surface area contributed by atoms with Crippen LogP contribution >= 0.6 is 0 Å². The summed E-state index contributed by atoms with van der Waals surface area (Å²) in [7, 11) is 0. The standard InChI is InChI=1S/C20H28N8O8/c21-12(3-10-5-22-8-24-10)17(32)26-13(1-2-16(30)31)18(33)28-15(7-29)19(34)27-14(20(35)36)4-11-6-23-9-25-11/h5-6,8-9,12-15,29H,1-4,7,21H2,(H,22,24)(H,23,25)(H,26,32)(H,27,34)(H,28,33)(H,30,31)(H,35,36). The van der Waals surface area contributed by atoms with Crippen LogP contribution in [-0.4, -0.2) is 95.7 Å². The molecule has 16 heteroatoms. The lowest BCUT2D eigenvalue weighted by molar-refractivity contribution is -0.142. The fourth-order valence-electron chi connectivity index (χ4n) is 3.10. The van der Waals surface area contributed by atoms with Crippen molar-refractivity contribution >= 4 is 29.7 Å². The van der Waals surface area contributed by atoms with E-state index >= 15 is 0 Å². The molecule has 2 aromatic rings. The second-order valence-corrected chi connectivity index (χ2v) is 7.81. The van der Waals surface area contributed by atoms with E-state index in [-0.39, 0.29) is 19.3 Å². The van der Waals surface area contributed by atoms with Gasteiger partial charge in [0.25, 0.3) is 0 Å². The number of aromatic nitrogens is 4. The number of nitrogens with zero attached hydrogens (tertiary/aromatic N) is 2. The molecule has 0 aromatic carbocycles. The van der Waals surface area contributed by atoms with Gasteiger partial charge in [-0.1, -0.05) is 0 Å². The molecule has 0 saturated carbocycles. The number of carboxylic acids is 2. The molecule has 2 rings (SSSR count). The highest BCUT2D eigenvalue weighted by molar-refractivity contribution is 5.94. The summed E-state index contributed by atoms with van der Waals surface area (Å²) >= 11 is 0. The number of carbonyl (C=O) groups excluding carboxylic acids is 3. The third-order valence-corrected chi connectivity index (χ3v) is 5.02. The SMILES string of the molecule is NC(Cc1cnc[nH]1)C(=O)NC(CCC(=O)O)C(=O)NC(CO)C(=O)NC(Cc1cnc[nH]1)C(=O)O. The maximum atomic E-state index is 12.8. The largest absolute Gasteiger partial charge is 0.481 e. The smallest absolute Gasteiger partial charge is 0.326 e. The highest BCUT2D eigenvalue weighted by atomic mass is 16.4. The Morgan fingerprint density at radius 2 is 1.36 bits per heavy atom. The first-order valence-corrected chi connectivity index (χ1v) is 10.8. The Labute approximate surface area is 204 Å². The van der Waals surface area contributed by atoms with E-state index < -0.39 is 66.9 Å². The highest BCUT2D eigenvalue weighted by Gasteiger charge is 2.30. The second kappa shape index (κ2) is 13.5. The van der Waals surface area contributed by atoms with E-state index in [2.05, 4.69) is 35.9 Å². The van der Waals surface area contributed by atoms with Crippen LogP contribution in [0.4, 0.5) is 0 Å². The van der Waals surface area contributed by atoms with Gasteiger partial charge in [0.2, 0.25) is 17.7 Å². The van der Waals surface area contributed by atoms with Gasteiger partial charge in [-0.3, -0.25) is 19.2 Å². The topological polar surface area (TPSA) is 266 Å². The third-order valence-electron chi connectivity index (χ3n) is 5.02. The van der Waals surface area contributed by atoms with Crippen LogP contribution in [0.25, 0.3) is 0 Å². The molecular formula is C20H28N8O8. The van der Waals surface area contributed by atoms with Crippen LogP contribution < -0.4 is 21.7 Å². The second-order valence-electron chi connectivity index (χ2n) is 7.81. The molecule has 4 unspecified atom stereocenters. The first kappa shape index (κ1) is 27.9. The molecule has 10 N–H and O–H groups in total. The summed E-state index contributed by atoms with van der Waals surface area (Å²) in [4.78, 5) is 73.4. The van der Waals surface area contributed by atoms with Crippen molar-refractivity contribution in [3.8, 4) is 0 Å². The number of carboxylic acid groups (broad SMARTS) is 2. The van der Waals surface area contributed by atoms with Crippen LogP contribution in [0.1, 0.15) is 24.2 Å². The number of nitrogens with one attached hydrogen (secondary N) is 5. The lowest BCUT2D eigenvalue weighted by atomic mass is 10.1. The van der Waals surface area contributed by atoms with Crippen LogP contribution in [0.3, 0.4) is 0 Å². The Morgan fingerprint density at radius 1 is 0.833 bits per heavy atom. The van der Waals surface area contributed by atoms with E-state index in [4.69, 9.17) is 10.8 Å². The van der Waals surface area contributed by atoms with Gasteiger partial charge in [-0.25, -0.2) is 14.8 Å². The maximum absolute atomic E-state index is 12.8. The zero-order valence-electron chi connectivity index (χ0n) is 19.0. The number of hydrogen-bond acceptors (Lipinski definition) is 9. The van der Waals surface area contributed by atoms with Gasteiger partial charge in [0.1, 0.15) is 18.1 Å². The van der Waals surface area contributed by atoms with E-state index in [1.807, 2.05) is 0 Å². The fourth-order valence-corrected chi connectivity index (χ4v) is 3.10. The predicted molar refractivity (Wildman–Crippen MR) is 120 cm³/mol. The van der Waals surface area contributed by atoms with Crippen LogP contribution in [0.2, 0.25) is 0 Å². The zero-order valence-corrected chi connectivity index (χ0v) is 19.0. The molecule has 0 saturated heterocycles. The molecule has 0 bridgehead atoms. The minimum atomic E-state index is -1.58. The van der Waals surface area contributed by atoms with Crippen LogP contribution in [-0.2, 0) is 36.8 Å². The molecule has 0 aliphatic carbocycles. The number of carbonyl (C=O) groups is 5. The minimum Gasteiger partial charge on any atom is -0.481 e. The maximum Gasteiger partial charge on any atom is 0.326 e. The minimum absolute atomic E-state index is 0.0632. The quantitative estimate of drug-likeness (QED) is 0.115. The van der Waals surface area contributed by atoms with E-state index in [9.17, 15) is 34.2 Å². The van der Waals surface area contributed by atoms with Crippen molar-refractivity contribution in [3.05, 3.63) is 36.4 Å². The summed E-state index contributed by atoms with van der Waals surface area (Å²) < 4.78 is 0. The van der Waals surface area contributed by atoms with Crippen molar-refractivity contribution in [2.75, 3.05) is 6.61 Å². The molecular weight excluding hydrogens is 480 g/mol. The summed E-state index contributed by atoms with van der Waals surface area (Å²) in [6, 6.07) is -5.47. The third kappa shape index (κ3) is 8.80. The van der Waals surface area contributed by atoms with E-state index in [1.165, 1.54) is 25.0 Å². The highest BCUT2D eigenvalue weighted by Crippen LogP contribution is 2.04. The Balaban J connectivity index is 2.03. The Morgan fingerprint density at radius 3 is 1.86 bits per heavy atom. The van der Waals surface area contributed by atoms with Crippen LogP contribution in [0.5, 0.6) is 0 Å². The number of imidazole rings is 2. The number of nitrogens with two attached hydrogens (primary N) is 1. The molecule has 196 valence electrons. The number of amides is 3. The van der Waals surface area contributed by atoms with Crippen molar-refractivity contribution < 1.29 is 39.3 Å². The Bertz CT molecular complexity index is 1030. The zero-order chi connectivity index (χ0) is 26.7. The summed E-state index contributed by atoms with van der Waals surface area (Å²) in [5.41, 5.74) is 6.84. The summed E-state index contributed by atoms with van der Waals surface area (Å²) in [5.74, 6) is -5.32. The van der Waals surface area contributed by atoms with Crippen LogP contribution in [0, 0.1) is 0 Å². The van der Waals surface area contributed by atoms with Gasteiger partial charge >= 0.3 is 11.9 Å². The number of aliphatic carboxylic acids is 2. The van der Waals surface area contributed by atoms with Gasteiger partial charge in [-0.2, -0.15) is 0 Å². The number of aliphatic hydroxyl groups excluding tert-OH is 1. The molecule has 16 nitrogen and oxygen atoms in total. The Hall–Kier alpha value is -4.31. The monoisotopic (exact) mass is 508 g/mol. The number of aliphatic hydroxyl groups is 1. The molecule has 2 aromatic heterocycles. The van der Waals surface area contributed by atoms with Gasteiger partial charge in [-0.15, -0.1) is 0 Å². The number of rotatable bonds is 15. The molecule has 36 heavy (non-hydrogen) atoms. The van der Waals surface area contributed by atoms with E-state index in [0.717, 1.165) is 0 Å². The molecule has 0 radical (unpaired) electrons. The fraction of sp³-hybridized carbons (Fsp3) is 0.450. The molecule has 3 amide bonds. The van der Waals surface area contributed by atoms with E-state index in [1.54, 1.807) is 0 Å². The number of aromatic amines is 2. The van der Waals surface area contributed by atoms with Crippen molar-refractivity contribution in [1.82, 2.24) is 35.9 Å². The summed E-state index contributed by atoms with van der Waals surface area (Å²) in [6.07, 6.45) is 4.66. The van der Waals surface area contributed by atoms with Gasteiger partial charge in [-0.05, 0) is 6.42 Å². The first-order valence-electron chi connectivity index (χ1n) is 10.8. The molecule has 2 heterocycles. The predicted octanol–water partition coefficient (Wildman–Crippen LogP) is -3.36. The van der Waals surface area contributed by atoms with Crippen molar-refractivity contribution in [2.24, 2.45) is 5.73 Å². The van der Waals surface area contributed by atoms with Gasteiger partial charge in [0.15, 0.2) is 0 Å². The Kier molecular flexibility index (Phi) is 10.5. The first-order chi connectivity index (χ1) is 17.1. The lowest BCUT2D eigenvalue weighted by Crippen LogP contribution is -2.58. The lowest BCUT2D eigenvalue weighted by Gasteiger charge is -2.24. The van der Waals surface area contributed by atoms with Gasteiger partial charge < -0.3 is 47.0 Å². The molecule has 0 aliphatic rings. The van der Waals surface area contributed by atoms with Crippen molar-refractivity contribution in [1.29, 1.82) is 0 Å². The normalized spacial score (nSPS) is 14.2. The van der Waals surface area contributed by atoms with Gasteiger partial charge in [0, 0.05) is 43.0 Å². The number of H-pyrrole nitrogens is 2. The number of hydrogen-bond donors (Lipinski definition) is 9. The van der Waals surface area contributed by atoms with Gasteiger partial charge in [0.05, 0.1) is 25.3 Å². The average molecular weight is 508 g/mol. The average Bonchev–Trinajstić information content (AvgIpc) is 3.53.